The van der Waals surface area contributed by atoms with Crippen LogP contribution in [-0.4, -0.2) is 44.0 Å². The molecule has 0 spiro atoms. The number of nitrogens with zero attached hydrogens (tertiary/aromatic N) is 5. The fraction of sp³-hybridized carbons (Fsp3) is 0.190. The molecule has 0 saturated carbocycles. The summed E-state index contributed by atoms with van der Waals surface area (Å²) in [7, 11) is 1.60. The lowest BCUT2D eigenvalue weighted by Gasteiger charge is -2.07. The van der Waals surface area contributed by atoms with E-state index in [1.165, 1.54) is 6.20 Å². The van der Waals surface area contributed by atoms with E-state index >= 15 is 0 Å². The van der Waals surface area contributed by atoms with Crippen molar-refractivity contribution in [1.29, 1.82) is 0 Å². The summed E-state index contributed by atoms with van der Waals surface area (Å²) in [5.74, 6) is 1.57. The van der Waals surface area contributed by atoms with Gasteiger partial charge in [0.15, 0.2) is 0 Å². The summed E-state index contributed by atoms with van der Waals surface area (Å²) in [6.07, 6.45) is 8.21. The van der Waals surface area contributed by atoms with Crippen LogP contribution >= 0.6 is 0 Å². The van der Waals surface area contributed by atoms with Crippen molar-refractivity contribution in [3.8, 4) is 22.9 Å². The molecule has 0 atom stereocenters. The number of carbonyl (C=O) groups excluding carboxylic acids is 1. The molecule has 30 heavy (non-hydrogen) atoms. The van der Waals surface area contributed by atoms with Crippen molar-refractivity contribution in [2.75, 3.05) is 13.7 Å². The SMILES string of the molecule is CCOc1ccc(-c2cncc(C(=O)NCc3ncc4ccc(OC)cn34)n2)cn1. The first-order valence-corrected chi connectivity index (χ1v) is 9.37. The van der Waals surface area contributed by atoms with Crippen LogP contribution in [0.25, 0.3) is 16.8 Å². The summed E-state index contributed by atoms with van der Waals surface area (Å²) < 4.78 is 12.5. The summed E-state index contributed by atoms with van der Waals surface area (Å²) in [5, 5.41) is 2.83. The molecular weight excluding hydrogens is 384 g/mol. The maximum atomic E-state index is 12.6. The van der Waals surface area contributed by atoms with Gasteiger partial charge in [-0.1, -0.05) is 0 Å². The molecule has 0 radical (unpaired) electrons. The van der Waals surface area contributed by atoms with Crippen molar-refractivity contribution in [2.24, 2.45) is 0 Å². The zero-order valence-electron chi connectivity index (χ0n) is 16.6. The van der Waals surface area contributed by atoms with E-state index in [1.54, 1.807) is 31.8 Å². The van der Waals surface area contributed by atoms with E-state index in [0.717, 1.165) is 11.1 Å². The number of fused-ring (bicyclic) bond motifs is 1. The third-order valence-electron chi connectivity index (χ3n) is 4.41. The zero-order valence-corrected chi connectivity index (χ0v) is 16.6. The predicted molar refractivity (Wildman–Crippen MR) is 109 cm³/mol. The van der Waals surface area contributed by atoms with Crippen LogP contribution in [0.3, 0.4) is 0 Å². The lowest BCUT2D eigenvalue weighted by molar-refractivity contribution is 0.0944. The molecule has 0 aliphatic heterocycles. The summed E-state index contributed by atoms with van der Waals surface area (Å²) in [4.78, 5) is 29.7. The standard InChI is InChI=1S/C21H20N6O3/c1-3-30-20-7-4-14(8-24-20)17-10-22-11-18(26-17)21(28)25-12-19-23-9-15-5-6-16(29-2)13-27(15)19/h4-11,13H,3,12H2,1-2H3,(H,25,28). The molecule has 0 aliphatic carbocycles. The molecular formula is C21H20N6O3. The van der Waals surface area contributed by atoms with Crippen LogP contribution < -0.4 is 14.8 Å². The molecule has 152 valence electrons. The summed E-state index contributed by atoms with van der Waals surface area (Å²) in [6, 6.07) is 7.34. The van der Waals surface area contributed by atoms with Gasteiger partial charge in [-0.2, -0.15) is 0 Å². The zero-order chi connectivity index (χ0) is 20.9. The van der Waals surface area contributed by atoms with Crippen LogP contribution in [0.2, 0.25) is 0 Å². The van der Waals surface area contributed by atoms with Crippen molar-refractivity contribution < 1.29 is 14.3 Å². The third-order valence-corrected chi connectivity index (χ3v) is 4.41. The highest BCUT2D eigenvalue weighted by molar-refractivity contribution is 5.92. The molecule has 0 fully saturated rings. The second kappa shape index (κ2) is 8.56. The van der Waals surface area contributed by atoms with Gasteiger partial charge in [-0.3, -0.25) is 14.2 Å². The fourth-order valence-corrected chi connectivity index (χ4v) is 2.91. The highest BCUT2D eigenvalue weighted by Gasteiger charge is 2.12. The number of amides is 1. The number of methoxy groups -OCH3 is 1. The number of ether oxygens (including phenoxy) is 2. The van der Waals surface area contributed by atoms with Crippen LogP contribution in [0.4, 0.5) is 0 Å². The van der Waals surface area contributed by atoms with Gasteiger partial charge >= 0.3 is 0 Å². The summed E-state index contributed by atoms with van der Waals surface area (Å²) in [5.41, 5.74) is 2.41. The lowest BCUT2D eigenvalue weighted by Crippen LogP contribution is -2.25. The molecule has 0 bridgehead atoms. The fourth-order valence-electron chi connectivity index (χ4n) is 2.91. The molecule has 4 aromatic rings. The molecule has 0 unspecified atom stereocenters. The second-order valence-corrected chi connectivity index (χ2v) is 6.33. The molecule has 0 aliphatic rings. The Labute approximate surface area is 172 Å². The molecule has 4 heterocycles. The van der Waals surface area contributed by atoms with E-state index in [0.29, 0.717) is 29.8 Å². The maximum Gasteiger partial charge on any atom is 0.271 e. The molecule has 0 aromatic carbocycles. The van der Waals surface area contributed by atoms with E-state index in [9.17, 15) is 4.79 Å². The Morgan fingerprint density at radius 1 is 1.10 bits per heavy atom. The van der Waals surface area contributed by atoms with Gasteiger partial charge < -0.3 is 14.8 Å². The average Bonchev–Trinajstić information content (AvgIpc) is 3.20. The normalized spacial score (nSPS) is 10.7. The highest BCUT2D eigenvalue weighted by atomic mass is 16.5. The molecule has 0 saturated heterocycles. The van der Waals surface area contributed by atoms with Crippen molar-refractivity contribution in [1.82, 2.24) is 29.7 Å². The van der Waals surface area contributed by atoms with Crippen molar-refractivity contribution in [3.05, 3.63) is 66.8 Å². The Morgan fingerprint density at radius 3 is 2.77 bits per heavy atom. The molecule has 4 rings (SSSR count). The Bertz CT molecular complexity index is 1170. The maximum absolute atomic E-state index is 12.6. The minimum Gasteiger partial charge on any atom is -0.495 e. The van der Waals surface area contributed by atoms with Gasteiger partial charge in [-0.15, -0.1) is 0 Å². The number of nitrogens with one attached hydrogen (secondary N) is 1. The summed E-state index contributed by atoms with van der Waals surface area (Å²) >= 11 is 0. The van der Waals surface area contributed by atoms with Crippen LogP contribution in [0.15, 0.2) is 55.2 Å². The predicted octanol–water partition coefficient (Wildman–Crippen LogP) is 2.52. The van der Waals surface area contributed by atoms with Crippen molar-refractivity contribution >= 4 is 11.4 Å². The number of hydrogen-bond donors (Lipinski definition) is 1. The third kappa shape index (κ3) is 4.04. The van der Waals surface area contributed by atoms with E-state index in [2.05, 4.69) is 25.3 Å². The van der Waals surface area contributed by atoms with Crippen LogP contribution in [0.1, 0.15) is 23.2 Å². The average molecular weight is 404 g/mol. The first-order valence-electron chi connectivity index (χ1n) is 9.37. The largest absolute Gasteiger partial charge is 0.495 e. The molecule has 9 nitrogen and oxygen atoms in total. The van der Waals surface area contributed by atoms with Crippen LogP contribution in [-0.2, 0) is 6.54 Å². The van der Waals surface area contributed by atoms with Gasteiger partial charge in [0.2, 0.25) is 5.88 Å². The number of hydrogen-bond acceptors (Lipinski definition) is 7. The first kappa shape index (κ1) is 19.3. The van der Waals surface area contributed by atoms with Gasteiger partial charge in [-0.25, -0.2) is 15.0 Å². The number of aromatic nitrogens is 5. The number of imidazole rings is 1. The topological polar surface area (TPSA) is 104 Å². The van der Waals surface area contributed by atoms with Gasteiger partial charge in [-0.05, 0) is 25.1 Å². The van der Waals surface area contributed by atoms with E-state index in [1.807, 2.05) is 35.7 Å². The van der Waals surface area contributed by atoms with Gasteiger partial charge in [0.1, 0.15) is 17.3 Å². The minimum atomic E-state index is -0.345. The molecule has 9 heteroatoms. The first-order chi connectivity index (χ1) is 14.7. The molecule has 1 N–H and O–H groups in total. The van der Waals surface area contributed by atoms with E-state index in [-0.39, 0.29) is 18.1 Å². The smallest absolute Gasteiger partial charge is 0.271 e. The Morgan fingerprint density at radius 2 is 2.00 bits per heavy atom. The van der Waals surface area contributed by atoms with E-state index in [4.69, 9.17) is 9.47 Å². The lowest BCUT2D eigenvalue weighted by atomic mass is 10.2. The quantitative estimate of drug-likeness (QED) is 0.505. The van der Waals surface area contributed by atoms with Gasteiger partial charge in [0, 0.05) is 17.8 Å². The number of pyridine rings is 2. The highest BCUT2D eigenvalue weighted by Crippen LogP contribution is 2.18. The minimum absolute atomic E-state index is 0.208. The van der Waals surface area contributed by atoms with Crippen molar-refractivity contribution in [2.45, 2.75) is 13.5 Å². The Balaban J connectivity index is 1.48. The molecule has 1 amide bonds. The Kier molecular flexibility index (Phi) is 5.51. The number of rotatable bonds is 7. The Hall–Kier alpha value is -4.01. The number of carbonyl (C=O) groups is 1. The summed E-state index contributed by atoms with van der Waals surface area (Å²) in [6.45, 7) is 2.67. The monoisotopic (exact) mass is 404 g/mol. The van der Waals surface area contributed by atoms with Crippen LogP contribution in [0.5, 0.6) is 11.6 Å². The van der Waals surface area contributed by atoms with Gasteiger partial charge in [0.25, 0.3) is 5.91 Å². The van der Waals surface area contributed by atoms with Gasteiger partial charge in [0.05, 0.1) is 56.3 Å². The molecule has 4 aromatic heterocycles. The van der Waals surface area contributed by atoms with E-state index < -0.39 is 0 Å². The van der Waals surface area contributed by atoms with Crippen LogP contribution in [0, 0.1) is 0 Å². The second-order valence-electron chi connectivity index (χ2n) is 6.33. The van der Waals surface area contributed by atoms with Crippen molar-refractivity contribution in [3.63, 3.8) is 0 Å².